The van der Waals surface area contributed by atoms with Gasteiger partial charge >= 0.3 is 12.1 Å². The monoisotopic (exact) mass is 338 g/mol. The number of amides is 2. The Morgan fingerprint density at radius 2 is 1.92 bits per heavy atom. The second-order valence-electron chi connectivity index (χ2n) is 8.02. The minimum absolute atomic E-state index is 0.0945. The van der Waals surface area contributed by atoms with E-state index >= 15 is 0 Å². The number of hydrogen-bond acceptors (Lipinski definition) is 5. The van der Waals surface area contributed by atoms with Gasteiger partial charge in [0.05, 0.1) is 7.11 Å². The van der Waals surface area contributed by atoms with Crippen LogP contribution in [-0.4, -0.2) is 53.7 Å². The van der Waals surface area contributed by atoms with Gasteiger partial charge in [-0.15, -0.1) is 0 Å². The van der Waals surface area contributed by atoms with Crippen molar-refractivity contribution in [3.05, 3.63) is 0 Å². The predicted molar refractivity (Wildman–Crippen MR) is 85.0 cm³/mol. The van der Waals surface area contributed by atoms with Crippen LogP contribution in [0, 0.1) is 11.8 Å². The number of alkyl carbamates (subject to hydrolysis) is 1. The van der Waals surface area contributed by atoms with Crippen LogP contribution in [0.5, 0.6) is 0 Å². The Hall–Kier alpha value is -1.79. The predicted octanol–water partition coefficient (Wildman–Crippen LogP) is 1.45. The molecule has 2 saturated heterocycles. The van der Waals surface area contributed by atoms with Gasteiger partial charge in [0.1, 0.15) is 17.7 Å². The SMILES string of the molecule is COC(=O)[C@@H]1CC[C@@H]2C3C[C@H]3C[C@H](NC(=O)OC(C)(C)C)C(=O)N21. The van der Waals surface area contributed by atoms with Crippen LogP contribution in [0.2, 0.25) is 0 Å². The zero-order chi connectivity index (χ0) is 17.6. The molecule has 1 aliphatic carbocycles. The third-order valence-corrected chi connectivity index (χ3v) is 5.16. The Bertz CT molecular complexity index is 556. The maximum atomic E-state index is 13.0. The standard InChI is InChI=1S/C17H26N2O5/c1-17(2,3)24-16(22)18-11-8-9-7-10(9)12-5-6-13(15(21)23-4)19(12)14(11)20/h9-13H,5-8H2,1-4H3,(H,18,22)/t9-,10?,11-,12+,13-/m0/s1. The number of fused-ring (bicyclic) bond motifs is 3. The van der Waals surface area contributed by atoms with Gasteiger partial charge in [-0.1, -0.05) is 0 Å². The number of nitrogens with one attached hydrogen (secondary N) is 1. The van der Waals surface area contributed by atoms with Crippen molar-refractivity contribution in [1.29, 1.82) is 0 Å². The number of rotatable bonds is 2. The highest BCUT2D eigenvalue weighted by molar-refractivity contribution is 5.91. The topological polar surface area (TPSA) is 84.9 Å². The van der Waals surface area contributed by atoms with Crippen LogP contribution in [0.3, 0.4) is 0 Å². The van der Waals surface area contributed by atoms with E-state index in [4.69, 9.17) is 9.47 Å². The molecule has 1 N–H and O–H groups in total. The molecule has 3 aliphatic rings. The van der Waals surface area contributed by atoms with Crippen molar-refractivity contribution in [2.24, 2.45) is 11.8 Å². The molecule has 0 aromatic heterocycles. The van der Waals surface area contributed by atoms with Gasteiger partial charge in [-0.2, -0.15) is 0 Å². The molecule has 1 saturated carbocycles. The lowest BCUT2D eigenvalue weighted by molar-refractivity contribution is -0.152. The number of nitrogens with zero attached hydrogens (tertiary/aromatic N) is 1. The van der Waals surface area contributed by atoms with E-state index < -0.39 is 23.8 Å². The van der Waals surface area contributed by atoms with Crippen LogP contribution < -0.4 is 5.32 Å². The molecule has 3 rings (SSSR count). The molecule has 2 aliphatic heterocycles. The van der Waals surface area contributed by atoms with E-state index in [-0.39, 0.29) is 17.9 Å². The zero-order valence-corrected chi connectivity index (χ0v) is 14.7. The molecule has 0 aromatic rings. The first-order valence-corrected chi connectivity index (χ1v) is 8.61. The number of carbonyl (C=O) groups is 3. The van der Waals surface area contributed by atoms with Crippen molar-refractivity contribution in [2.75, 3.05) is 7.11 Å². The van der Waals surface area contributed by atoms with Gasteiger partial charge in [0.25, 0.3) is 0 Å². The fraction of sp³-hybridized carbons (Fsp3) is 0.824. The minimum atomic E-state index is -0.634. The largest absolute Gasteiger partial charge is 0.467 e. The Labute approximate surface area is 142 Å². The number of ether oxygens (including phenoxy) is 2. The van der Waals surface area contributed by atoms with Crippen molar-refractivity contribution in [3.63, 3.8) is 0 Å². The summed E-state index contributed by atoms with van der Waals surface area (Å²) in [4.78, 5) is 38.8. The summed E-state index contributed by atoms with van der Waals surface area (Å²) < 4.78 is 10.1. The fourth-order valence-corrected chi connectivity index (χ4v) is 4.11. The average molecular weight is 338 g/mol. The number of hydrogen-bond donors (Lipinski definition) is 1. The summed E-state index contributed by atoms with van der Waals surface area (Å²) in [5.74, 6) is 0.307. The Morgan fingerprint density at radius 3 is 2.54 bits per heavy atom. The van der Waals surface area contributed by atoms with Gasteiger partial charge in [-0.3, -0.25) is 4.79 Å². The summed E-state index contributed by atoms with van der Waals surface area (Å²) in [7, 11) is 1.34. The summed E-state index contributed by atoms with van der Waals surface area (Å²) in [5, 5.41) is 2.71. The molecule has 3 fully saturated rings. The zero-order valence-electron chi connectivity index (χ0n) is 14.7. The maximum absolute atomic E-state index is 13.0. The lowest BCUT2D eigenvalue weighted by Gasteiger charge is -2.31. The van der Waals surface area contributed by atoms with Gasteiger partial charge in [0.2, 0.25) is 5.91 Å². The van der Waals surface area contributed by atoms with Crippen LogP contribution in [0.4, 0.5) is 4.79 Å². The van der Waals surface area contributed by atoms with Gasteiger partial charge in [-0.05, 0) is 58.3 Å². The molecular weight excluding hydrogens is 312 g/mol. The molecule has 5 atom stereocenters. The van der Waals surface area contributed by atoms with Gasteiger partial charge in [0, 0.05) is 6.04 Å². The molecule has 7 heteroatoms. The molecule has 24 heavy (non-hydrogen) atoms. The number of esters is 1. The summed E-state index contributed by atoms with van der Waals surface area (Å²) >= 11 is 0. The molecule has 2 amide bonds. The second-order valence-corrected chi connectivity index (χ2v) is 8.02. The van der Waals surface area contributed by atoms with Crippen LogP contribution in [0.1, 0.15) is 46.5 Å². The summed E-state index contributed by atoms with van der Waals surface area (Å²) in [5.41, 5.74) is -0.620. The Kier molecular flexibility index (Phi) is 4.21. The molecule has 134 valence electrons. The van der Waals surface area contributed by atoms with E-state index in [1.807, 2.05) is 0 Å². The van der Waals surface area contributed by atoms with Gasteiger partial charge < -0.3 is 19.7 Å². The van der Waals surface area contributed by atoms with Crippen LogP contribution >= 0.6 is 0 Å². The summed E-state index contributed by atoms with van der Waals surface area (Å²) in [6.07, 6.45) is 2.53. The van der Waals surface area contributed by atoms with E-state index in [1.165, 1.54) is 7.11 Å². The molecule has 0 spiro atoms. The van der Waals surface area contributed by atoms with Crippen molar-refractivity contribution in [3.8, 4) is 0 Å². The molecule has 0 bridgehead atoms. The van der Waals surface area contributed by atoms with Crippen LogP contribution in [0.25, 0.3) is 0 Å². The first-order chi connectivity index (χ1) is 11.2. The molecular formula is C17H26N2O5. The van der Waals surface area contributed by atoms with E-state index in [0.29, 0.717) is 24.7 Å². The Morgan fingerprint density at radius 1 is 1.21 bits per heavy atom. The molecule has 0 aromatic carbocycles. The van der Waals surface area contributed by atoms with E-state index in [1.54, 1.807) is 25.7 Å². The number of methoxy groups -OCH3 is 1. The van der Waals surface area contributed by atoms with E-state index in [0.717, 1.165) is 12.8 Å². The number of carbonyl (C=O) groups excluding carboxylic acids is 3. The van der Waals surface area contributed by atoms with Crippen molar-refractivity contribution in [2.45, 2.75) is 70.2 Å². The maximum Gasteiger partial charge on any atom is 0.408 e. The quantitative estimate of drug-likeness (QED) is 0.770. The first-order valence-electron chi connectivity index (χ1n) is 8.61. The molecule has 7 nitrogen and oxygen atoms in total. The highest BCUT2D eigenvalue weighted by Gasteiger charge is 2.57. The molecule has 1 unspecified atom stereocenters. The lowest BCUT2D eigenvalue weighted by Crippen LogP contribution is -2.54. The normalized spacial score (nSPS) is 34.8. The smallest absolute Gasteiger partial charge is 0.408 e. The highest BCUT2D eigenvalue weighted by atomic mass is 16.6. The lowest BCUT2D eigenvalue weighted by atomic mass is 10.1. The van der Waals surface area contributed by atoms with E-state index in [2.05, 4.69) is 5.32 Å². The first kappa shape index (κ1) is 17.0. The third-order valence-electron chi connectivity index (χ3n) is 5.16. The van der Waals surface area contributed by atoms with Crippen LogP contribution in [0.15, 0.2) is 0 Å². The van der Waals surface area contributed by atoms with Gasteiger partial charge in [0.15, 0.2) is 0 Å². The molecule has 0 radical (unpaired) electrons. The fourth-order valence-electron chi connectivity index (χ4n) is 4.11. The highest BCUT2D eigenvalue weighted by Crippen LogP contribution is 2.52. The van der Waals surface area contributed by atoms with Crippen molar-refractivity contribution < 1.29 is 23.9 Å². The average Bonchev–Trinajstić information content (AvgIpc) is 3.11. The van der Waals surface area contributed by atoms with Crippen LogP contribution in [-0.2, 0) is 19.1 Å². The van der Waals surface area contributed by atoms with Gasteiger partial charge in [-0.25, -0.2) is 9.59 Å². The van der Waals surface area contributed by atoms with Crippen molar-refractivity contribution in [1.82, 2.24) is 10.2 Å². The molecule has 2 heterocycles. The minimum Gasteiger partial charge on any atom is -0.467 e. The Balaban J connectivity index is 1.76. The summed E-state index contributed by atoms with van der Waals surface area (Å²) in [6.45, 7) is 5.34. The van der Waals surface area contributed by atoms with E-state index in [9.17, 15) is 14.4 Å². The third kappa shape index (κ3) is 3.21. The summed E-state index contributed by atoms with van der Waals surface area (Å²) in [6, 6.07) is -1.07. The second kappa shape index (κ2) is 5.93. The van der Waals surface area contributed by atoms with Crippen molar-refractivity contribution >= 4 is 18.0 Å².